The van der Waals surface area contributed by atoms with Crippen molar-refractivity contribution >= 4 is 17.6 Å². The summed E-state index contributed by atoms with van der Waals surface area (Å²) < 4.78 is 10.0. The summed E-state index contributed by atoms with van der Waals surface area (Å²) in [6.45, 7) is 0. The van der Waals surface area contributed by atoms with Gasteiger partial charge in [0, 0.05) is 6.07 Å². The van der Waals surface area contributed by atoms with Crippen LogP contribution < -0.4 is 9.79 Å². The molecule has 0 atom stereocenters. The summed E-state index contributed by atoms with van der Waals surface area (Å²) in [6.07, 6.45) is 0. The van der Waals surface area contributed by atoms with E-state index in [0.29, 0.717) is 5.69 Å². The number of aromatic nitrogens is 2. The maximum atomic E-state index is 11.5. The van der Waals surface area contributed by atoms with Gasteiger partial charge in [0.15, 0.2) is 5.95 Å². The monoisotopic (exact) mass is 254 g/mol. The molecule has 0 radical (unpaired) electrons. The van der Waals surface area contributed by atoms with Crippen LogP contribution in [0.2, 0.25) is 5.15 Å². The molecule has 0 aliphatic carbocycles. The van der Waals surface area contributed by atoms with Gasteiger partial charge >= 0.3 is 11.1 Å². The lowest BCUT2D eigenvalue weighted by Gasteiger charge is -1.99. The largest absolute Gasteiger partial charge is 0.538 e. The van der Waals surface area contributed by atoms with Crippen LogP contribution in [0, 0.1) is 0 Å². The van der Waals surface area contributed by atoms with E-state index in [4.69, 9.17) is 11.6 Å². The van der Waals surface area contributed by atoms with E-state index in [-0.39, 0.29) is 10.7 Å². The Morgan fingerprint density at radius 1 is 1.53 bits per heavy atom. The zero-order chi connectivity index (χ0) is 12.4. The van der Waals surface area contributed by atoms with Crippen molar-refractivity contribution in [1.82, 2.24) is 5.27 Å². The minimum absolute atomic E-state index is 0.232. The average Bonchev–Trinajstić information content (AvgIpc) is 2.69. The summed E-state index contributed by atoms with van der Waals surface area (Å²) in [7, 11) is 1.26. The van der Waals surface area contributed by atoms with Crippen molar-refractivity contribution < 1.29 is 23.8 Å². The molecule has 0 saturated heterocycles. The Morgan fingerprint density at radius 2 is 2.24 bits per heavy atom. The second kappa shape index (κ2) is 4.42. The van der Waals surface area contributed by atoms with Gasteiger partial charge < -0.3 is 14.4 Å². The number of hydrogen-bond acceptors (Lipinski definition) is 5. The molecular weight excluding hydrogens is 248 g/mol. The number of rotatable bonds is 2. The van der Waals surface area contributed by atoms with Crippen molar-refractivity contribution in [2.45, 2.75) is 0 Å². The number of esters is 1. The van der Waals surface area contributed by atoms with Gasteiger partial charge in [0.1, 0.15) is 5.56 Å². The molecule has 0 bridgehead atoms. The molecule has 1 heterocycles. The molecule has 0 spiro atoms. The first kappa shape index (κ1) is 11.4. The Kier molecular flexibility index (Phi) is 2.97. The van der Waals surface area contributed by atoms with Gasteiger partial charge in [-0.3, -0.25) is 0 Å². The van der Waals surface area contributed by atoms with Crippen LogP contribution in [0.3, 0.4) is 0 Å². The molecule has 0 fully saturated rings. The normalized spacial score (nSPS) is 10.2. The lowest BCUT2D eigenvalue weighted by Crippen LogP contribution is -2.35. The minimum Gasteiger partial charge on any atom is -0.538 e. The zero-order valence-electron chi connectivity index (χ0n) is 8.71. The van der Waals surface area contributed by atoms with Crippen molar-refractivity contribution in [3.63, 3.8) is 0 Å². The number of hydrogen-bond donors (Lipinski definition) is 0. The number of ether oxygens (including phenoxy) is 1. The molecule has 2 rings (SSSR count). The van der Waals surface area contributed by atoms with Gasteiger partial charge in [-0.05, 0) is 22.3 Å². The molecule has 6 nitrogen and oxygen atoms in total. The van der Waals surface area contributed by atoms with Crippen molar-refractivity contribution in [3.8, 4) is 11.6 Å². The van der Waals surface area contributed by atoms with E-state index in [0.717, 1.165) is 4.68 Å². The number of halogens is 1. The average molecular weight is 255 g/mol. The van der Waals surface area contributed by atoms with E-state index in [1.54, 1.807) is 18.2 Å². The molecule has 88 valence electrons. The lowest BCUT2D eigenvalue weighted by molar-refractivity contribution is -0.668. The van der Waals surface area contributed by atoms with Crippen LogP contribution in [0.25, 0.3) is 5.69 Å². The Hall–Kier alpha value is -2.08. The number of methoxy groups -OCH3 is 1. The summed E-state index contributed by atoms with van der Waals surface area (Å²) >= 11 is 5.71. The topological polar surface area (TPSA) is 79.3 Å². The van der Waals surface area contributed by atoms with Crippen LogP contribution >= 0.6 is 11.6 Å². The molecule has 0 aliphatic rings. The Labute approximate surface area is 101 Å². The first-order valence-electron chi connectivity index (χ1n) is 4.57. The zero-order valence-corrected chi connectivity index (χ0v) is 9.47. The molecule has 17 heavy (non-hydrogen) atoms. The molecule has 1 aromatic heterocycles. The molecule has 0 saturated carbocycles. The van der Waals surface area contributed by atoms with Crippen LogP contribution in [-0.2, 0) is 4.74 Å². The van der Waals surface area contributed by atoms with E-state index in [9.17, 15) is 9.90 Å². The molecule has 2 aromatic rings. The number of benzene rings is 1. The fourth-order valence-corrected chi connectivity index (χ4v) is 1.48. The van der Waals surface area contributed by atoms with Crippen LogP contribution in [0.15, 0.2) is 28.8 Å². The Balaban J connectivity index is 2.60. The number of nitrogens with zero attached hydrogens (tertiary/aromatic N) is 2. The summed E-state index contributed by atoms with van der Waals surface area (Å²) in [6, 6.07) is 6.43. The first-order valence-corrected chi connectivity index (χ1v) is 4.95. The van der Waals surface area contributed by atoms with Gasteiger partial charge in [-0.25, -0.2) is 4.79 Å². The fourth-order valence-electron chi connectivity index (χ4n) is 1.33. The van der Waals surface area contributed by atoms with E-state index in [2.05, 4.69) is 14.5 Å². The minimum atomic E-state index is -0.772. The van der Waals surface area contributed by atoms with E-state index < -0.39 is 11.9 Å². The highest BCUT2D eigenvalue weighted by molar-refractivity contribution is 6.29. The molecule has 1 aromatic carbocycles. The second-order valence-electron chi connectivity index (χ2n) is 3.07. The molecule has 0 N–H and O–H groups in total. The molecule has 0 aliphatic heterocycles. The summed E-state index contributed by atoms with van der Waals surface area (Å²) in [5.41, 5.74) is 0.547. The van der Waals surface area contributed by atoms with E-state index >= 15 is 0 Å². The van der Waals surface area contributed by atoms with Crippen LogP contribution in [0.5, 0.6) is 5.95 Å². The fraction of sp³-hybridized carbons (Fsp3) is 0.100. The van der Waals surface area contributed by atoms with Crippen LogP contribution in [0.4, 0.5) is 0 Å². The van der Waals surface area contributed by atoms with Crippen molar-refractivity contribution in [3.05, 3.63) is 35.0 Å². The summed E-state index contributed by atoms with van der Waals surface area (Å²) in [5.74, 6) is -1.33. The van der Waals surface area contributed by atoms with Crippen molar-refractivity contribution in [2.24, 2.45) is 0 Å². The molecule has 0 unspecified atom stereocenters. The molecule has 0 amide bonds. The van der Waals surface area contributed by atoms with Crippen molar-refractivity contribution in [1.29, 1.82) is 0 Å². The summed E-state index contributed by atoms with van der Waals surface area (Å²) in [5, 5.41) is 14.3. The standard InChI is InChI=1S/C10H7ClN2O4/c1-16-9(14)6-4-2-3-5-7(6)13-8(11)10(15)17-12-13/h2-5H,1H3. The third-order valence-electron chi connectivity index (χ3n) is 2.10. The smallest absolute Gasteiger partial charge is 0.344 e. The number of carbonyl (C=O) groups excluding carboxylic acids is 1. The quantitative estimate of drug-likeness (QED) is 0.575. The van der Waals surface area contributed by atoms with E-state index in [1.807, 2.05) is 0 Å². The highest BCUT2D eigenvalue weighted by Gasteiger charge is 2.25. The maximum Gasteiger partial charge on any atom is 0.344 e. The third kappa shape index (κ3) is 1.94. The Morgan fingerprint density at radius 3 is 2.82 bits per heavy atom. The second-order valence-corrected chi connectivity index (χ2v) is 3.43. The predicted octanol–water partition coefficient (Wildman–Crippen LogP) is 0.465. The number of carbonyl (C=O) groups is 1. The van der Waals surface area contributed by atoms with Gasteiger partial charge in [-0.2, -0.15) is 0 Å². The van der Waals surface area contributed by atoms with Gasteiger partial charge in [0.05, 0.1) is 12.4 Å². The van der Waals surface area contributed by atoms with Crippen LogP contribution in [0.1, 0.15) is 10.4 Å². The van der Waals surface area contributed by atoms with E-state index in [1.165, 1.54) is 13.2 Å². The maximum absolute atomic E-state index is 11.5. The van der Waals surface area contributed by atoms with Gasteiger partial charge in [-0.15, -0.1) is 0 Å². The SMILES string of the molecule is COC(=O)c1ccccc1-[n+]1noc([O-])c1Cl. The highest BCUT2D eigenvalue weighted by Crippen LogP contribution is 2.17. The van der Waals surface area contributed by atoms with Gasteiger partial charge in [0.2, 0.25) is 0 Å². The summed E-state index contributed by atoms with van der Waals surface area (Å²) in [4.78, 5) is 11.5. The molecule has 7 heteroatoms. The number of para-hydroxylation sites is 1. The Bertz CT molecular complexity index is 567. The van der Waals surface area contributed by atoms with Gasteiger partial charge in [0.25, 0.3) is 5.69 Å². The highest BCUT2D eigenvalue weighted by atomic mass is 35.5. The van der Waals surface area contributed by atoms with Crippen LogP contribution in [-0.4, -0.2) is 18.4 Å². The van der Waals surface area contributed by atoms with Gasteiger partial charge in [-0.1, -0.05) is 12.1 Å². The third-order valence-corrected chi connectivity index (χ3v) is 2.41. The first-order chi connectivity index (χ1) is 8.15. The lowest BCUT2D eigenvalue weighted by atomic mass is 10.2. The molecular formula is C10H7ClN2O4. The van der Waals surface area contributed by atoms with Crippen molar-refractivity contribution in [2.75, 3.05) is 7.11 Å². The predicted molar refractivity (Wildman–Crippen MR) is 53.8 cm³/mol.